The molecule has 0 aliphatic heterocycles. The fourth-order valence-electron chi connectivity index (χ4n) is 3.75. The minimum atomic E-state index is -4.17. The van der Waals surface area contributed by atoms with Crippen LogP contribution in [-0.2, 0) is 23.3 Å². The van der Waals surface area contributed by atoms with Crippen LogP contribution in [0.15, 0.2) is 135 Å². The van der Waals surface area contributed by atoms with Crippen molar-refractivity contribution in [1.82, 2.24) is 0 Å². The van der Waals surface area contributed by atoms with Gasteiger partial charge in [-0.1, -0.05) is 54.6 Å². The Kier molecular flexibility index (Phi) is 8.26. The topological polar surface area (TPSA) is 78.9 Å². The van der Waals surface area contributed by atoms with Gasteiger partial charge in [0.1, 0.15) is 11.4 Å². The smallest absolute Gasteiger partial charge is 0.344 e. The summed E-state index contributed by atoms with van der Waals surface area (Å²) in [6, 6.07) is 33.7. The van der Waals surface area contributed by atoms with Crippen LogP contribution in [0.5, 0.6) is 5.75 Å². The van der Waals surface area contributed by atoms with Crippen molar-refractivity contribution in [2.45, 2.75) is 46.0 Å². The van der Waals surface area contributed by atoms with Crippen molar-refractivity contribution in [3.63, 3.8) is 0 Å². The van der Waals surface area contributed by atoms with Crippen molar-refractivity contribution < 1.29 is 26.3 Å². The van der Waals surface area contributed by atoms with Crippen LogP contribution in [0.1, 0.15) is 20.8 Å². The molecule has 8 heteroatoms. The van der Waals surface area contributed by atoms with Crippen molar-refractivity contribution in [2.75, 3.05) is 6.61 Å². The predicted octanol–water partition coefficient (Wildman–Crippen LogP) is 7.01. The first kappa shape index (κ1) is 27.4. The second-order valence-corrected chi connectivity index (χ2v) is 13.8. The van der Waals surface area contributed by atoms with Gasteiger partial charge in [0, 0.05) is 14.7 Å². The normalized spacial score (nSPS) is 12.5. The Bertz CT molecular complexity index is 1410. The third kappa shape index (κ3) is 6.45. The van der Waals surface area contributed by atoms with Crippen LogP contribution in [0.2, 0.25) is 0 Å². The zero-order valence-electron chi connectivity index (χ0n) is 21.4. The Labute approximate surface area is 225 Å². The van der Waals surface area contributed by atoms with Gasteiger partial charge in [0.15, 0.2) is 6.61 Å². The molecule has 0 fully saturated rings. The standard InChI is InChI=1S/C30H30O6S2/c1-30(2,3)35-29(31)23-34-24-19-21-27(22-20-24)37(25-13-7-4-8-14-25,26-15-9-5-10-16-26)36-38(32,33)28-17-11-6-12-18-28/h4-22H,23H2,1-3H3. The van der Waals surface area contributed by atoms with Gasteiger partial charge in [-0.2, -0.15) is 8.42 Å². The molecule has 0 unspecified atom stereocenters. The summed E-state index contributed by atoms with van der Waals surface area (Å²) < 4.78 is 44.5. The molecule has 0 bridgehead atoms. The van der Waals surface area contributed by atoms with E-state index >= 15 is 0 Å². The number of benzene rings is 4. The van der Waals surface area contributed by atoms with Crippen LogP contribution in [-0.4, -0.2) is 26.6 Å². The van der Waals surface area contributed by atoms with E-state index in [4.69, 9.17) is 13.1 Å². The minimum absolute atomic E-state index is 0.0704. The second kappa shape index (κ2) is 11.4. The molecule has 0 spiro atoms. The molecule has 0 N–H and O–H groups in total. The van der Waals surface area contributed by atoms with E-state index in [0.717, 1.165) is 0 Å². The number of rotatable bonds is 9. The third-order valence-corrected chi connectivity index (χ3v) is 10.5. The summed E-state index contributed by atoms with van der Waals surface area (Å²) in [6.07, 6.45) is 0. The first-order valence-corrected chi connectivity index (χ1v) is 15.0. The van der Waals surface area contributed by atoms with Crippen LogP contribution in [0.4, 0.5) is 0 Å². The summed E-state index contributed by atoms with van der Waals surface area (Å²) in [4.78, 5) is 14.2. The summed E-state index contributed by atoms with van der Waals surface area (Å²) in [7, 11) is -6.91. The summed E-state index contributed by atoms with van der Waals surface area (Å²) in [5, 5.41) is 0. The predicted molar refractivity (Wildman–Crippen MR) is 148 cm³/mol. The molecule has 4 aromatic carbocycles. The molecule has 4 aromatic rings. The summed E-state index contributed by atoms with van der Waals surface area (Å²) >= 11 is 0. The van der Waals surface area contributed by atoms with Gasteiger partial charge in [-0.25, -0.2) is 8.42 Å². The Balaban J connectivity index is 1.79. The number of ether oxygens (including phenoxy) is 2. The van der Waals surface area contributed by atoms with Gasteiger partial charge in [-0.15, -0.1) is 0 Å². The van der Waals surface area contributed by atoms with E-state index in [-0.39, 0.29) is 11.5 Å². The van der Waals surface area contributed by atoms with Crippen LogP contribution in [0.3, 0.4) is 0 Å². The van der Waals surface area contributed by atoms with E-state index in [0.29, 0.717) is 20.4 Å². The van der Waals surface area contributed by atoms with Crippen LogP contribution in [0, 0.1) is 0 Å². The number of carbonyl (C=O) groups excluding carboxylic acids is 1. The van der Waals surface area contributed by atoms with Gasteiger partial charge in [0.25, 0.3) is 0 Å². The zero-order chi connectivity index (χ0) is 27.2. The lowest BCUT2D eigenvalue weighted by atomic mass is 10.2. The molecule has 198 valence electrons. The number of carbonyl (C=O) groups is 1. The lowest BCUT2D eigenvalue weighted by Gasteiger charge is -2.39. The lowest BCUT2D eigenvalue weighted by molar-refractivity contribution is -0.157. The summed E-state index contributed by atoms with van der Waals surface area (Å²) in [5.74, 6) is -0.0349. The van der Waals surface area contributed by atoms with Gasteiger partial charge < -0.3 is 9.47 Å². The van der Waals surface area contributed by atoms with E-state index in [9.17, 15) is 13.2 Å². The molecule has 0 radical (unpaired) electrons. The van der Waals surface area contributed by atoms with Crippen molar-refractivity contribution in [1.29, 1.82) is 0 Å². The molecule has 0 saturated carbocycles. The maximum Gasteiger partial charge on any atom is 0.344 e. The van der Waals surface area contributed by atoms with Crippen molar-refractivity contribution in [2.24, 2.45) is 0 Å². The summed E-state index contributed by atoms with van der Waals surface area (Å²) in [5.41, 5.74) is -0.611. The molecule has 0 amide bonds. The van der Waals surface area contributed by atoms with Crippen LogP contribution in [0.25, 0.3) is 0 Å². The largest absolute Gasteiger partial charge is 0.482 e. The van der Waals surface area contributed by atoms with Gasteiger partial charge in [-0.05, 0) is 91.7 Å². The lowest BCUT2D eigenvalue weighted by Crippen LogP contribution is -2.27. The zero-order valence-corrected chi connectivity index (χ0v) is 23.1. The first-order chi connectivity index (χ1) is 18.1. The highest BCUT2D eigenvalue weighted by molar-refractivity contribution is 8.33. The van der Waals surface area contributed by atoms with E-state index in [1.807, 2.05) is 60.7 Å². The highest BCUT2D eigenvalue weighted by atomic mass is 32.3. The maximum absolute atomic E-state index is 13.6. The molecular weight excluding hydrogens is 520 g/mol. The monoisotopic (exact) mass is 550 g/mol. The van der Waals surface area contributed by atoms with Gasteiger partial charge >= 0.3 is 16.1 Å². The van der Waals surface area contributed by atoms with E-state index in [2.05, 4.69) is 0 Å². The number of hydrogen-bond acceptors (Lipinski definition) is 6. The molecular formula is C30H30O6S2. The molecule has 38 heavy (non-hydrogen) atoms. The van der Waals surface area contributed by atoms with Crippen molar-refractivity contribution >= 4 is 26.4 Å². The number of hydrogen-bond donors (Lipinski definition) is 0. The SMILES string of the molecule is CC(C)(C)OC(=O)COc1ccc(S(OS(=O)(=O)c2ccccc2)(c2ccccc2)c2ccccc2)cc1. The van der Waals surface area contributed by atoms with Crippen molar-refractivity contribution in [3.05, 3.63) is 115 Å². The second-order valence-electron chi connectivity index (χ2n) is 9.36. The first-order valence-electron chi connectivity index (χ1n) is 12.0. The molecule has 0 atom stereocenters. The Morgan fingerprint density at radius 1 is 0.632 bits per heavy atom. The van der Waals surface area contributed by atoms with Crippen LogP contribution < -0.4 is 4.74 Å². The highest BCUT2D eigenvalue weighted by Gasteiger charge is 2.38. The molecule has 0 aromatic heterocycles. The van der Waals surface area contributed by atoms with Gasteiger partial charge in [-0.3, -0.25) is 0 Å². The van der Waals surface area contributed by atoms with E-state index in [1.54, 1.807) is 63.2 Å². The number of esters is 1. The molecule has 0 saturated heterocycles. The molecule has 0 aliphatic carbocycles. The fourth-order valence-corrected chi connectivity index (χ4v) is 8.99. The molecule has 4 rings (SSSR count). The van der Waals surface area contributed by atoms with Crippen LogP contribution >= 0.6 is 10.3 Å². The molecule has 0 aliphatic rings. The highest BCUT2D eigenvalue weighted by Crippen LogP contribution is 2.70. The van der Waals surface area contributed by atoms with E-state index in [1.165, 1.54) is 12.1 Å². The molecule has 0 heterocycles. The quantitative estimate of drug-likeness (QED) is 0.209. The molecule has 6 nitrogen and oxygen atoms in total. The maximum atomic E-state index is 13.6. The fraction of sp³-hybridized carbons (Fsp3) is 0.167. The van der Waals surface area contributed by atoms with Gasteiger partial charge in [0.05, 0.1) is 4.90 Å². The van der Waals surface area contributed by atoms with E-state index < -0.39 is 32.0 Å². The average molecular weight is 551 g/mol. The Morgan fingerprint density at radius 3 is 1.50 bits per heavy atom. The minimum Gasteiger partial charge on any atom is -0.482 e. The van der Waals surface area contributed by atoms with Gasteiger partial charge in [0.2, 0.25) is 0 Å². The Hall–Kier alpha value is -3.59. The summed E-state index contributed by atoms with van der Waals surface area (Å²) in [6.45, 7) is 5.13. The average Bonchev–Trinajstić information content (AvgIpc) is 2.91. The third-order valence-electron chi connectivity index (χ3n) is 5.31. The Morgan fingerprint density at radius 2 is 1.05 bits per heavy atom. The van der Waals surface area contributed by atoms with Crippen molar-refractivity contribution in [3.8, 4) is 5.75 Å².